The van der Waals surface area contributed by atoms with Gasteiger partial charge in [-0.3, -0.25) is 4.90 Å². The number of benzene rings is 1. The number of hydrogen-bond acceptors (Lipinski definition) is 2. The molecule has 0 radical (unpaired) electrons. The van der Waals surface area contributed by atoms with Crippen molar-refractivity contribution in [3.8, 4) is 5.75 Å². The Kier molecular flexibility index (Phi) is 4.03. The molecular weight excluding hydrogens is 231 g/mol. The Hall–Kier alpha value is -1.23. The van der Waals surface area contributed by atoms with E-state index in [1.54, 1.807) is 26.0 Å². The average molecular weight is 247 g/mol. The van der Waals surface area contributed by atoms with Gasteiger partial charge in [0.15, 0.2) is 0 Å². The minimum absolute atomic E-state index is 0.201. The van der Waals surface area contributed by atoms with Crippen molar-refractivity contribution < 1.29 is 18.3 Å². The zero-order chi connectivity index (χ0) is 13.2. The molecule has 0 aliphatic rings. The fourth-order valence-corrected chi connectivity index (χ4v) is 1.81. The Morgan fingerprint density at radius 2 is 1.65 bits per heavy atom. The van der Waals surface area contributed by atoms with E-state index in [9.17, 15) is 18.3 Å². The predicted molar refractivity (Wildman–Crippen MR) is 60.0 cm³/mol. The maximum atomic E-state index is 12.1. The highest BCUT2D eigenvalue weighted by Crippen LogP contribution is 2.24. The molecule has 0 amide bonds. The Balaban J connectivity index is 2.76. The molecule has 1 aromatic carbocycles. The minimum atomic E-state index is -4.18. The summed E-state index contributed by atoms with van der Waals surface area (Å²) >= 11 is 0. The summed E-state index contributed by atoms with van der Waals surface area (Å²) < 4.78 is 36.4. The van der Waals surface area contributed by atoms with Gasteiger partial charge in [-0.1, -0.05) is 12.1 Å². The van der Waals surface area contributed by atoms with Gasteiger partial charge in [-0.05, 0) is 37.6 Å². The van der Waals surface area contributed by atoms with E-state index in [4.69, 9.17) is 0 Å². The van der Waals surface area contributed by atoms with E-state index in [2.05, 4.69) is 0 Å². The Labute approximate surface area is 98.7 Å². The molecule has 0 spiro atoms. The van der Waals surface area contributed by atoms with E-state index < -0.39 is 12.7 Å². The third kappa shape index (κ3) is 4.26. The first-order valence-electron chi connectivity index (χ1n) is 5.23. The van der Waals surface area contributed by atoms with Crippen molar-refractivity contribution in [2.24, 2.45) is 0 Å². The molecule has 0 aliphatic carbocycles. The third-order valence-electron chi connectivity index (χ3n) is 2.45. The number of aryl methyl sites for hydroxylation is 2. The first kappa shape index (κ1) is 13.8. The van der Waals surface area contributed by atoms with Crippen molar-refractivity contribution in [1.29, 1.82) is 0 Å². The molecule has 0 heterocycles. The number of phenolic OH excluding ortho intramolecular Hbond substituents is 1. The summed E-state index contributed by atoms with van der Waals surface area (Å²) in [6.07, 6.45) is -4.18. The van der Waals surface area contributed by atoms with Crippen LogP contribution in [-0.4, -0.2) is 29.8 Å². The van der Waals surface area contributed by atoms with Crippen LogP contribution in [-0.2, 0) is 6.54 Å². The van der Waals surface area contributed by atoms with Gasteiger partial charge in [0.25, 0.3) is 0 Å². The topological polar surface area (TPSA) is 23.5 Å². The highest BCUT2D eigenvalue weighted by Gasteiger charge is 2.29. The molecule has 0 aromatic heterocycles. The SMILES string of the molecule is Cc1cc(CN(C)CC(F)(F)F)cc(C)c1O. The van der Waals surface area contributed by atoms with Crippen LogP contribution in [0.3, 0.4) is 0 Å². The van der Waals surface area contributed by atoms with Crippen LogP contribution in [0.4, 0.5) is 13.2 Å². The fraction of sp³-hybridized carbons (Fsp3) is 0.500. The zero-order valence-electron chi connectivity index (χ0n) is 10.1. The number of nitrogens with zero attached hydrogens (tertiary/aromatic N) is 1. The van der Waals surface area contributed by atoms with Gasteiger partial charge in [0, 0.05) is 6.54 Å². The van der Waals surface area contributed by atoms with Crippen LogP contribution in [0, 0.1) is 13.8 Å². The van der Waals surface area contributed by atoms with Crippen LogP contribution < -0.4 is 0 Å². The normalized spacial score (nSPS) is 12.2. The Morgan fingerprint density at radius 3 is 2.06 bits per heavy atom. The lowest BCUT2D eigenvalue weighted by Crippen LogP contribution is -2.30. The zero-order valence-corrected chi connectivity index (χ0v) is 10.1. The smallest absolute Gasteiger partial charge is 0.401 e. The van der Waals surface area contributed by atoms with Gasteiger partial charge in [-0.2, -0.15) is 13.2 Å². The van der Waals surface area contributed by atoms with Crippen LogP contribution in [0.1, 0.15) is 16.7 Å². The number of aromatic hydroxyl groups is 1. The quantitative estimate of drug-likeness (QED) is 0.887. The van der Waals surface area contributed by atoms with Crippen molar-refractivity contribution in [2.45, 2.75) is 26.6 Å². The third-order valence-corrected chi connectivity index (χ3v) is 2.45. The molecule has 0 saturated heterocycles. The predicted octanol–water partition coefficient (Wildman–Crippen LogP) is 3.00. The van der Waals surface area contributed by atoms with Crippen LogP contribution >= 0.6 is 0 Å². The van der Waals surface area contributed by atoms with Gasteiger partial charge in [0.05, 0.1) is 6.54 Å². The molecule has 0 unspecified atom stereocenters. The standard InChI is InChI=1S/C12H16F3NO/c1-8-4-10(5-9(2)11(8)17)6-16(3)7-12(13,14)15/h4-5,17H,6-7H2,1-3H3. The summed E-state index contributed by atoms with van der Waals surface area (Å²) in [5.41, 5.74) is 2.13. The van der Waals surface area contributed by atoms with Gasteiger partial charge >= 0.3 is 6.18 Å². The molecule has 0 fully saturated rings. The maximum absolute atomic E-state index is 12.1. The minimum Gasteiger partial charge on any atom is -0.507 e. The summed E-state index contributed by atoms with van der Waals surface area (Å²) in [5, 5.41) is 9.56. The molecule has 96 valence electrons. The molecular formula is C12H16F3NO. The lowest BCUT2D eigenvalue weighted by atomic mass is 10.1. The highest BCUT2D eigenvalue weighted by atomic mass is 19.4. The molecule has 0 atom stereocenters. The van der Waals surface area contributed by atoms with Gasteiger partial charge < -0.3 is 5.11 Å². The Morgan fingerprint density at radius 1 is 1.18 bits per heavy atom. The van der Waals surface area contributed by atoms with Crippen molar-refractivity contribution in [1.82, 2.24) is 4.90 Å². The molecule has 1 aromatic rings. The largest absolute Gasteiger partial charge is 0.507 e. The van der Waals surface area contributed by atoms with Gasteiger partial charge in [0.1, 0.15) is 5.75 Å². The van der Waals surface area contributed by atoms with Crippen LogP contribution in [0.5, 0.6) is 5.75 Å². The molecule has 0 saturated carbocycles. The molecule has 5 heteroatoms. The van der Waals surface area contributed by atoms with Crippen molar-refractivity contribution >= 4 is 0 Å². The van der Waals surface area contributed by atoms with Gasteiger partial charge in [-0.15, -0.1) is 0 Å². The van der Waals surface area contributed by atoms with Crippen LogP contribution in [0.2, 0.25) is 0 Å². The number of phenols is 1. The van der Waals surface area contributed by atoms with E-state index in [-0.39, 0.29) is 12.3 Å². The summed E-state index contributed by atoms with van der Waals surface area (Å²) in [4.78, 5) is 1.20. The van der Waals surface area contributed by atoms with Gasteiger partial charge in [-0.25, -0.2) is 0 Å². The molecule has 0 aliphatic heterocycles. The van der Waals surface area contributed by atoms with E-state index in [0.29, 0.717) is 11.1 Å². The second-order valence-corrected chi connectivity index (χ2v) is 4.37. The second kappa shape index (κ2) is 4.96. The first-order chi connectivity index (χ1) is 7.69. The second-order valence-electron chi connectivity index (χ2n) is 4.37. The first-order valence-corrected chi connectivity index (χ1v) is 5.23. The van der Waals surface area contributed by atoms with E-state index in [1.807, 2.05) is 0 Å². The molecule has 2 nitrogen and oxygen atoms in total. The maximum Gasteiger partial charge on any atom is 0.401 e. The molecule has 1 N–H and O–H groups in total. The highest BCUT2D eigenvalue weighted by molar-refractivity contribution is 5.42. The number of halogens is 3. The van der Waals surface area contributed by atoms with E-state index in [0.717, 1.165) is 5.56 Å². The number of rotatable bonds is 3. The summed E-state index contributed by atoms with van der Waals surface area (Å²) in [7, 11) is 1.42. The fourth-order valence-electron chi connectivity index (χ4n) is 1.81. The summed E-state index contributed by atoms with van der Waals surface area (Å²) in [6, 6.07) is 3.41. The molecule has 1 rings (SSSR count). The molecule has 0 bridgehead atoms. The van der Waals surface area contributed by atoms with Crippen LogP contribution in [0.25, 0.3) is 0 Å². The number of alkyl halides is 3. The van der Waals surface area contributed by atoms with E-state index >= 15 is 0 Å². The lowest BCUT2D eigenvalue weighted by molar-refractivity contribution is -0.144. The summed E-state index contributed by atoms with van der Waals surface area (Å²) in [5.74, 6) is 0.201. The number of hydrogen-bond donors (Lipinski definition) is 1. The average Bonchev–Trinajstić information content (AvgIpc) is 2.10. The summed E-state index contributed by atoms with van der Waals surface area (Å²) in [6.45, 7) is 2.73. The van der Waals surface area contributed by atoms with Gasteiger partial charge in [0.2, 0.25) is 0 Å². The van der Waals surface area contributed by atoms with Crippen LogP contribution in [0.15, 0.2) is 12.1 Å². The monoisotopic (exact) mass is 247 g/mol. The van der Waals surface area contributed by atoms with Crippen molar-refractivity contribution in [2.75, 3.05) is 13.6 Å². The lowest BCUT2D eigenvalue weighted by Gasteiger charge is -2.19. The Bertz CT molecular complexity index is 378. The van der Waals surface area contributed by atoms with Crippen molar-refractivity contribution in [3.05, 3.63) is 28.8 Å². The van der Waals surface area contributed by atoms with Crippen molar-refractivity contribution in [3.63, 3.8) is 0 Å². The molecule has 17 heavy (non-hydrogen) atoms. The van der Waals surface area contributed by atoms with E-state index in [1.165, 1.54) is 11.9 Å².